The molecular formula is C54H103NO5. The summed E-state index contributed by atoms with van der Waals surface area (Å²) >= 11 is 0. The Bertz CT molecular complexity index is 950. The highest BCUT2D eigenvalue weighted by molar-refractivity contribution is 5.77. The van der Waals surface area contributed by atoms with Gasteiger partial charge in [0, 0.05) is 6.42 Å². The van der Waals surface area contributed by atoms with E-state index in [1.54, 1.807) is 0 Å². The summed E-state index contributed by atoms with van der Waals surface area (Å²) in [6.07, 6.45) is 55.2. The zero-order valence-corrected chi connectivity index (χ0v) is 40.4. The van der Waals surface area contributed by atoms with Gasteiger partial charge in [0.15, 0.2) is 0 Å². The first kappa shape index (κ1) is 58.3. The van der Waals surface area contributed by atoms with Crippen LogP contribution < -0.4 is 5.32 Å². The number of aliphatic hydroxyl groups is 2. The maximum Gasteiger partial charge on any atom is 0.306 e. The molecular weight excluding hydrogens is 743 g/mol. The normalized spacial score (nSPS) is 13.3. The second-order valence-corrected chi connectivity index (χ2v) is 18.3. The molecule has 0 spiro atoms. The number of aliphatic hydroxyl groups excluding tert-OH is 2. The van der Waals surface area contributed by atoms with Crippen LogP contribution in [0.25, 0.3) is 0 Å². The number of rotatable bonds is 48. The summed E-state index contributed by atoms with van der Waals surface area (Å²) in [5, 5.41) is 23.7. The molecule has 6 heteroatoms. The smallest absolute Gasteiger partial charge is 0.306 e. The Hall–Kier alpha value is -1.66. The third-order valence-electron chi connectivity index (χ3n) is 12.3. The standard InChI is InChI=1S/C54H103NO5/c1-4-7-10-13-16-19-22-24-26-27-28-31-33-36-39-42-45-50(60-54(59)47-44-41-38-35-32-29-25-23-20-17-14-11-8-5-2)48-53(58)55-51(49-56)52(57)46-43-40-37-34-30-21-18-15-12-9-6-3/h28-29,31-32,50-52,56-57H,4-27,30,33-49H2,1-3H3,(H,55,58)/b31-28+,32-29-. The number of carbonyl (C=O) groups is 2. The Balaban J connectivity index is 4.61. The predicted octanol–water partition coefficient (Wildman–Crippen LogP) is 15.9. The van der Waals surface area contributed by atoms with Gasteiger partial charge < -0.3 is 20.3 Å². The zero-order chi connectivity index (χ0) is 43.8. The molecule has 0 saturated heterocycles. The molecule has 0 aliphatic rings. The van der Waals surface area contributed by atoms with Crippen molar-refractivity contribution in [2.75, 3.05) is 6.61 Å². The third-order valence-corrected chi connectivity index (χ3v) is 12.3. The SMILES string of the molecule is CCCCCCCCC/C=C\CCCCCC(=O)OC(CCCCC/C=C/CCCCCCCCCCC)CC(=O)NC(CO)C(O)CCCCCCCCCCCCC. The van der Waals surface area contributed by atoms with Crippen LogP contribution in [0.15, 0.2) is 24.3 Å². The lowest BCUT2D eigenvalue weighted by Crippen LogP contribution is -2.46. The summed E-state index contributed by atoms with van der Waals surface area (Å²) in [7, 11) is 0. The highest BCUT2D eigenvalue weighted by Crippen LogP contribution is 2.18. The third kappa shape index (κ3) is 43.0. The molecule has 1 amide bonds. The summed E-state index contributed by atoms with van der Waals surface area (Å²) in [4.78, 5) is 26.1. The van der Waals surface area contributed by atoms with E-state index in [9.17, 15) is 19.8 Å². The largest absolute Gasteiger partial charge is 0.462 e. The van der Waals surface area contributed by atoms with Crippen molar-refractivity contribution in [3.05, 3.63) is 24.3 Å². The highest BCUT2D eigenvalue weighted by Gasteiger charge is 2.24. The molecule has 0 aromatic rings. The van der Waals surface area contributed by atoms with Gasteiger partial charge >= 0.3 is 5.97 Å². The fraction of sp³-hybridized carbons (Fsp3) is 0.889. The van der Waals surface area contributed by atoms with Crippen LogP contribution in [0, 0.1) is 0 Å². The van der Waals surface area contributed by atoms with Crippen LogP contribution >= 0.6 is 0 Å². The minimum atomic E-state index is -0.790. The zero-order valence-electron chi connectivity index (χ0n) is 40.4. The number of amides is 1. The lowest BCUT2D eigenvalue weighted by atomic mass is 10.0. The van der Waals surface area contributed by atoms with E-state index in [0.29, 0.717) is 19.3 Å². The number of esters is 1. The van der Waals surface area contributed by atoms with Gasteiger partial charge in [-0.15, -0.1) is 0 Å². The average molecular weight is 846 g/mol. The summed E-state index contributed by atoms with van der Waals surface area (Å²) in [5.41, 5.74) is 0. The quantitative estimate of drug-likeness (QED) is 0.0322. The lowest BCUT2D eigenvalue weighted by Gasteiger charge is -2.24. The molecule has 0 radical (unpaired) electrons. The Labute approximate surface area is 373 Å². The number of allylic oxidation sites excluding steroid dienone is 4. The second-order valence-electron chi connectivity index (χ2n) is 18.3. The van der Waals surface area contributed by atoms with E-state index in [1.807, 2.05) is 0 Å². The molecule has 3 atom stereocenters. The van der Waals surface area contributed by atoms with Crippen molar-refractivity contribution in [2.24, 2.45) is 0 Å². The van der Waals surface area contributed by atoms with Gasteiger partial charge in [0.05, 0.1) is 25.2 Å². The molecule has 0 bridgehead atoms. The predicted molar refractivity (Wildman–Crippen MR) is 260 cm³/mol. The fourth-order valence-electron chi connectivity index (χ4n) is 8.19. The maximum atomic E-state index is 13.2. The fourth-order valence-corrected chi connectivity index (χ4v) is 8.19. The molecule has 354 valence electrons. The van der Waals surface area contributed by atoms with E-state index >= 15 is 0 Å². The van der Waals surface area contributed by atoms with Gasteiger partial charge in [-0.2, -0.15) is 0 Å². The van der Waals surface area contributed by atoms with Crippen molar-refractivity contribution in [3.8, 4) is 0 Å². The Kier molecular flexibility index (Phi) is 47.0. The van der Waals surface area contributed by atoms with E-state index in [2.05, 4.69) is 50.4 Å². The molecule has 60 heavy (non-hydrogen) atoms. The maximum absolute atomic E-state index is 13.2. The lowest BCUT2D eigenvalue weighted by molar-refractivity contribution is -0.151. The van der Waals surface area contributed by atoms with Crippen molar-refractivity contribution in [1.82, 2.24) is 5.32 Å². The van der Waals surface area contributed by atoms with Gasteiger partial charge in [-0.05, 0) is 77.0 Å². The van der Waals surface area contributed by atoms with Crippen LogP contribution in [0.5, 0.6) is 0 Å². The number of unbranched alkanes of at least 4 members (excludes halogenated alkanes) is 32. The van der Waals surface area contributed by atoms with Gasteiger partial charge in [-0.1, -0.05) is 218 Å². The van der Waals surface area contributed by atoms with Gasteiger partial charge in [-0.3, -0.25) is 9.59 Å². The number of hydrogen-bond acceptors (Lipinski definition) is 5. The van der Waals surface area contributed by atoms with Crippen LogP contribution in [0.4, 0.5) is 0 Å². The summed E-state index contributed by atoms with van der Waals surface area (Å²) in [6.45, 7) is 6.48. The van der Waals surface area contributed by atoms with Gasteiger partial charge in [0.2, 0.25) is 5.91 Å². The minimum Gasteiger partial charge on any atom is -0.462 e. The van der Waals surface area contributed by atoms with Crippen molar-refractivity contribution in [2.45, 2.75) is 302 Å². The van der Waals surface area contributed by atoms with E-state index in [1.165, 1.54) is 167 Å². The molecule has 0 heterocycles. The summed E-state index contributed by atoms with van der Waals surface area (Å²) < 4.78 is 5.93. The molecule has 0 saturated carbocycles. The molecule has 0 aromatic carbocycles. The van der Waals surface area contributed by atoms with Gasteiger partial charge in [0.1, 0.15) is 6.10 Å². The topological polar surface area (TPSA) is 95.9 Å². The van der Waals surface area contributed by atoms with E-state index in [-0.39, 0.29) is 24.9 Å². The second kappa shape index (κ2) is 48.4. The number of carbonyl (C=O) groups excluding carboxylic acids is 2. The first-order valence-electron chi connectivity index (χ1n) is 26.6. The molecule has 0 aromatic heterocycles. The average Bonchev–Trinajstić information content (AvgIpc) is 3.24. The number of hydrogen-bond donors (Lipinski definition) is 3. The molecule has 0 aliphatic carbocycles. The Morgan fingerprint density at radius 3 is 1.20 bits per heavy atom. The number of nitrogens with one attached hydrogen (secondary N) is 1. The van der Waals surface area contributed by atoms with Crippen LogP contribution in [0.2, 0.25) is 0 Å². The molecule has 0 fully saturated rings. The van der Waals surface area contributed by atoms with Gasteiger partial charge in [-0.25, -0.2) is 0 Å². The summed E-state index contributed by atoms with van der Waals surface area (Å²) in [5.74, 6) is -0.496. The molecule has 3 N–H and O–H groups in total. The molecule has 3 unspecified atom stereocenters. The van der Waals surface area contributed by atoms with Crippen LogP contribution in [-0.4, -0.2) is 46.9 Å². The highest BCUT2D eigenvalue weighted by atomic mass is 16.5. The first-order valence-corrected chi connectivity index (χ1v) is 26.6. The minimum absolute atomic E-state index is 0.0651. The van der Waals surface area contributed by atoms with Gasteiger partial charge in [0.25, 0.3) is 0 Å². The van der Waals surface area contributed by atoms with Crippen molar-refractivity contribution < 1.29 is 24.5 Å². The van der Waals surface area contributed by atoms with E-state index in [4.69, 9.17) is 4.74 Å². The summed E-state index contributed by atoms with van der Waals surface area (Å²) in [6, 6.07) is -0.705. The van der Waals surface area contributed by atoms with Crippen molar-refractivity contribution >= 4 is 11.9 Å². The number of ether oxygens (including phenoxy) is 1. The molecule has 0 rings (SSSR count). The van der Waals surface area contributed by atoms with Crippen LogP contribution in [0.1, 0.15) is 284 Å². The molecule has 6 nitrogen and oxygen atoms in total. The van der Waals surface area contributed by atoms with E-state index in [0.717, 1.165) is 70.6 Å². The molecule has 0 aliphatic heterocycles. The van der Waals surface area contributed by atoms with E-state index < -0.39 is 18.2 Å². The van der Waals surface area contributed by atoms with Crippen LogP contribution in [-0.2, 0) is 14.3 Å². The first-order chi connectivity index (χ1) is 29.5. The van der Waals surface area contributed by atoms with Crippen LogP contribution in [0.3, 0.4) is 0 Å². The monoisotopic (exact) mass is 846 g/mol. The Morgan fingerprint density at radius 1 is 0.467 bits per heavy atom. The Morgan fingerprint density at radius 2 is 0.800 bits per heavy atom. The van der Waals surface area contributed by atoms with Crippen molar-refractivity contribution in [1.29, 1.82) is 0 Å². The van der Waals surface area contributed by atoms with Crippen molar-refractivity contribution in [3.63, 3.8) is 0 Å².